The van der Waals surface area contributed by atoms with Crippen molar-refractivity contribution in [2.45, 2.75) is 40.0 Å². The number of aromatic nitrogens is 2. The molecule has 0 bridgehead atoms. The quantitative estimate of drug-likeness (QED) is 0.602. The highest BCUT2D eigenvalue weighted by Crippen LogP contribution is 2.18. The molecule has 0 spiro atoms. The van der Waals surface area contributed by atoms with Gasteiger partial charge < -0.3 is 9.84 Å². The van der Waals surface area contributed by atoms with Crippen LogP contribution < -0.4 is 4.74 Å². The first-order valence-electron chi connectivity index (χ1n) is 10.1. The zero-order valence-corrected chi connectivity index (χ0v) is 17.8. The molecule has 0 saturated carbocycles. The minimum atomic E-state index is -0.553. The summed E-state index contributed by atoms with van der Waals surface area (Å²) in [6, 6.07) is 18.0. The van der Waals surface area contributed by atoms with Crippen LogP contribution in [-0.2, 0) is 13.1 Å². The van der Waals surface area contributed by atoms with Crippen molar-refractivity contribution in [3.8, 4) is 5.75 Å². The molecule has 5 heteroatoms. The predicted octanol–water partition coefficient (Wildman–Crippen LogP) is 3.73. The fourth-order valence-electron chi connectivity index (χ4n) is 3.52. The molecule has 3 rings (SSSR count). The van der Waals surface area contributed by atoms with Gasteiger partial charge in [0.25, 0.3) is 0 Å². The van der Waals surface area contributed by atoms with Crippen LogP contribution in [0.3, 0.4) is 0 Å². The van der Waals surface area contributed by atoms with Gasteiger partial charge in [0.15, 0.2) is 0 Å². The van der Waals surface area contributed by atoms with E-state index in [1.807, 2.05) is 37.4 Å². The number of aliphatic hydroxyl groups excluding tert-OH is 1. The number of benzene rings is 2. The largest absolute Gasteiger partial charge is 0.491 e. The first kappa shape index (κ1) is 21.1. The fraction of sp³-hybridized carbons (Fsp3) is 0.375. The van der Waals surface area contributed by atoms with Crippen molar-refractivity contribution in [1.29, 1.82) is 0 Å². The highest BCUT2D eigenvalue weighted by Gasteiger charge is 2.16. The van der Waals surface area contributed by atoms with Gasteiger partial charge in [0.1, 0.15) is 18.5 Å². The Morgan fingerprint density at radius 3 is 2.45 bits per heavy atom. The van der Waals surface area contributed by atoms with Crippen LogP contribution in [0.1, 0.15) is 28.1 Å². The van der Waals surface area contributed by atoms with Gasteiger partial charge >= 0.3 is 0 Å². The molecule has 1 unspecified atom stereocenters. The lowest BCUT2D eigenvalue weighted by atomic mass is 10.1. The first-order valence-corrected chi connectivity index (χ1v) is 10.1. The number of rotatable bonds is 9. The average molecular weight is 394 g/mol. The van der Waals surface area contributed by atoms with Gasteiger partial charge in [-0.05, 0) is 51.1 Å². The van der Waals surface area contributed by atoms with E-state index in [2.05, 4.69) is 54.6 Å². The SMILES string of the molecule is Cc1ccccc1Cn1nc(C)c(CN(C)CC(O)COc2ccccc2)c1C. The van der Waals surface area contributed by atoms with E-state index < -0.39 is 6.10 Å². The second-order valence-corrected chi connectivity index (χ2v) is 7.71. The second kappa shape index (κ2) is 9.72. The van der Waals surface area contributed by atoms with Crippen molar-refractivity contribution >= 4 is 0 Å². The molecule has 3 aromatic rings. The van der Waals surface area contributed by atoms with Gasteiger partial charge in [-0.2, -0.15) is 5.10 Å². The van der Waals surface area contributed by atoms with E-state index in [1.54, 1.807) is 0 Å². The lowest BCUT2D eigenvalue weighted by Gasteiger charge is -2.21. The Morgan fingerprint density at radius 2 is 1.72 bits per heavy atom. The first-order chi connectivity index (χ1) is 13.9. The van der Waals surface area contributed by atoms with Crippen molar-refractivity contribution in [2.24, 2.45) is 0 Å². The van der Waals surface area contributed by atoms with Gasteiger partial charge in [-0.25, -0.2) is 0 Å². The standard InChI is InChI=1S/C24H31N3O2/c1-18-10-8-9-11-21(18)14-27-20(3)24(19(2)25-27)16-26(4)15-22(28)17-29-23-12-6-5-7-13-23/h5-13,22,28H,14-17H2,1-4H3. The molecule has 0 aliphatic heterocycles. The maximum absolute atomic E-state index is 10.3. The lowest BCUT2D eigenvalue weighted by Crippen LogP contribution is -2.33. The topological polar surface area (TPSA) is 50.5 Å². The molecule has 1 heterocycles. The Bertz CT molecular complexity index is 921. The monoisotopic (exact) mass is 393 g/mol. The summed E-state index contributed by atoms with van der Waals surface area (Å²) in [5.41, 5.74) is 5.99. The second-order valence-electron chi connectivity index (χ2n) is 7.71. The summed E-state index contributed by atoms with van der Waals surface area (Å²) in [6.45, 7) is 8.64. The zero-order valence-electron chi connectivity index (χ0n) is 17.8. The van der Waals surface area contributed by atoms with E-state index in [1.165, 1.54) is 22.4 Å². The third-order valence-corrected chi connectivity index (χ3v) is 5.25. The van der Waals surface area contributed by atoms with Gasteiger partial charge in [-0.15, -0.1) is 0 Å². The number of nitrogens with zero attached hydrogens (tertiary/aromatic N) is 3. The molecule has 154 valence electrons. The molecule has 0 saturated heterocycles. The Morgan fingerprint density at radius 1 is 1.03 bits per heavy atom. The summed E-state index contributed by atoms with van der Waals surface area (Å²) in [5.74, 6) is 0.776. The van der Waals surface area contributed by atoms with Crippen molar-refractivity contribution in [3.05, 3.63) is 82.7 Å². The number of likely N-dealkylation sites (N-methyl/N-ethyl adjacent to an activating group) is 1. The van der Waals surface area contributed by atoms with E-state index >= 15 is 0 Å². The molecule has 0 aliphatic rings. The van der Waals surface area contributed by atoms with Crippen LogP contribution >= 0.6 is 0 Å². The molecular formula is C24H31N3O2. The summed E-state index contributed by atoms with van der Waals surface area (Å²) in [4.78, 5) is 2.12. The van der Waals surface area contributed by atoms with Gasteiger partial charge in [0, 0.05) is 24.3 Å². The number of para-hydroxylation sites is 1. The molecule has 0 aliphatic carbocycles. The Hall–Kier alpha value is -2.63. The molecule has 5 nitrogen and oxygen atoms in total. The Balaban J connectivity index is 1.58. The third kappa shape index (κ3) is 5.68. The fourth-order valence-corrected chi connectivity index (χ4v) is 3.52. The highest BCUT2D eigenvalue weighted by molar-refractivity contribution is 5.29. The molecule has 2 aromatic carbocycles. The van der Waals surface area contributed by atoms with Crippen molar-refractivity contribution in [1.82, 2.24) is 14.7 Å². The summed E-state index contributed by atoms with van der Waals surface area (Å²) >= 11 is 0. The van der Waals surface area contributed by atoms with Crippen LogP contribution in [-0.4, -0.2) is 46.1 Å². The van der Waals surface area contributed by atoms with E-state index in [0.717, 1.165) is 24.5 Å². The van der Waals surface area contributed by atoms with E-state index in [9.17, 15) is 5.11 Å². The minimum absolute atomic E-state index is 0.277. The Kier molecular flexibility index (Phi) is 7.07. The number of hydrogen-bond acceptors (Lipinski definition) is 4. The zero-order chi connectivity index (χ0) is 20.8. The Labute approximate surface area is 173 Å². The predicted molar refractivity (Wildman–Crippen MR) is 116 cm³/mol. The smallest absolute Gasteiger partial charge is 0.119 e. The van der Waals surface area contributed by atoms with E-state index in [4.69, 9.17) is 9.84 Å². The van der Waals surface area contributed by atoms with Crippen LogP contribution in [0.2, 0.25) is 0 Å². The number of hydrogen-bond donors (Lipinski definition) is 1. The lowest BCUT2D eigenvalue weighted by molar-refractivity contribution is 0.0743. The van der Waals surface area contributed by atoms with Gasteiger partial charge in [0.05, 0.1) is 12.2 Å². The van der Waals surface area contributed by atoms with E-state index in [0.29, 0.717) is 6.54 Å². The average Bonchev–Trinajstić information content (AvgIpc) is 2.96. The highest BCUT2D eigenvalue weighted by atomic mass is 16.5. The maximum atomic E-state index is 10.3. The molecule has 0 amide bonds. The molecule has 0 radical (unpaired) electrons. The van der Waals surface area contributed by atoms with Crippen LogP contribution in [0.25, 0.3) is 0 Å². The van der Waals surface area contributed by atoms with E-state index in [-0.39, 0.29) is 6.61 Å². The van der Waals surface area contributed by atoms with Crippen LogP contribution in [0, 0.1) is 20.8 Å². The molecule has 0 fully saturated rings. The summed E-state index contributed by atoms with van der Waals surface area (Å²) < 4.78 is 7.73. The maximum Gasteiger partial charge on any atom is 0.119 e. The van der Waals surface area contributed by atoms with Gasteiger partial charge in [0.2, 0.25) is 0 Å². The van der Waals surface area contributed by atoms with Crippen molar-refractivity contribution < 1.29 is 9.84 Å². The molecule has 1 atom stereocenters. The molecular weight excluding hydrogens is 362 g/mol. The van der Waals surface area contributed by atoms with Gasteiger partial charge in [-0.3, -0.25) is 9.58 Å². The van der Waals surface area contributed by atoms with Crippen LogP contribution in [0.4, 0.5) is 0 Å². The van der Waals surface area contributed by atoms with Crippen molar-refractivity contribution in [2.75, 3.05) is 20.2 Å². The summed E-state index contributed by atoms with van der Waals surface area (Å²) in [5, 5.41) is 15.1. The minimum Gasteiger partial charge on any atom is -0.491 e. The number of aliphatic hydroxyl groups is 1. The summed E-state index contributed by atoms with van der Waals surface area (Å²) in [6.07, 6.45) is -0.553. The number of ether oxygens (including phenoxy) is 1. The third-order valence-electron chi connectivity index (χ3n) is 5.25. The number of aryl methyl sites for hydroxylation is 2. The summed E-state index contributed by atoms with van der Waals surface area (Å²) in [7, 11) is 2.02. The van der Waals surface area contributed by atoms with Crippen LogP contribution in [0.15, 0.2) is 54.6 Å². The van der Waals surface area contributed by atoms with Crippen molar-refractivity contribution in [3.63, 3.8) is 0 Å². The molecule has 1 N–H and O–H groups in total. The normalized spacial score (nSPS) is 12.3. The van der Waals surface area contributed by atoms with Gasteiger partial charge in [-0.1, -0.05) is 42.5 Å². The molecule has 1 aromatic heterocycles. The van der Waals surface area contributed by atoms with Crippen LogP contribution in [0.5, 0.6) is 5.75 Å². The molecule has 29 heavy (non-hydrogen) atoms.